The Balaban J connectivity index is 2.00. The fraction of sp³-hybridized carbons (Fsp3) is 0.250. The SMILES string of the molecule is O=C(O)CC=Cc1ccc2[nH]c3c(c2c1)CCCC3=O. The summed E-state index contributed by atoms with van der Waals surface area (Å²) in [4.78, 5) is 25.6. The molecule has 4 nitrogen and oxygen atoms in total. The number of carboxylic acid groups (broad SMARTS) is 1. The lowest BCUT2D eigenvalue weighted by Crippen LogP contribution is -2.09. The predicted octanol–water partition coefficient (Wildman–Crippen LogP) is 3.17. The van der Waals surface area contributed by atoms with Crippen molar-refractivity contribution in [2.45, 2.75) is 25.7 Å². The number of aryl methyl sites for hydroxylation is 1. The molecule has 2 N–H and O–H groups in total. The minimum absolute atomic E-state index is 0.0156. The first-order valence-electron chi connectivity index (χ1n) is 6.71. The highest BCUT2D eigenvalue weighted by Crippen LogP contribution is 2.29. The van der Waals surface area contributed by atoms with Gasteiger partial charge in [-0.1, -0.05) is 18.2 Å². The highest BCUT2D eigenvalue weighted by Gasteiger charge is 2.21. The average molecular weight is 269 g/mol. The predicted molar refractivity (Wildman–Crippen MR) is 76.9 cm³/mol. The molecule has 0 bridgehead atoms. The Morgan fingerprint density at radius 2 is 2.20 bits per heavy atom. The van der Waals surface area contributed by atoms with Crippen molar-refractivity contribution in [1.82, 2.24) is 4.98 Å². The van der Waals surface area contributed by atoms with Gasteiger partial charge in [0.2, 0.25) is 0 Å². The van der Waals surface area contributed by atoms with Gasteiger partial charge in [0, 0.05) is 17.3 Å². The van der Waals surface area contributed by atoms with Crippen molar-refractivity contribution in [1.29, 1.82) is 0 Å². The van der Waals surface area contributed by atoms with Crippen LogP contribution >= 0.6 is 0 Å². The summed E-state index contributed by atoms with van der Waals surface area (Å²) in [5.74, 6) is -0.655. The van der Waals surface area contributed by atoms with E-state index in [1.165, 1.54) is 0 Å². The van der Waals surface area contributed by atoms with Gasteiger partial charge in [0.15, 0.2) is 5.78 Å². The van der Waals surface area contributed by atoms with Gasteiger partial charge >= 0.3 is 5.97 Å². The highest BCUT2D eigenvalue weighted by molar-refractivity contribution is 6.03. The molecule has 0 fully saturated rings. The van der Waals surface area contributed by atoms with Gasteiger partial charge in [-0.25, -0.2) is 0 Å². The van der Waals surface area contributed by atoms with Gasteiger partial charge in [-0.15, -0.1) is 0 Å². The molecule has 1 aliphatic carbocycles. The molecular formula is C16H15NO3. The van der Waals surface area contributed by atoms with Crippen molar-refractivity contribution in [3.8, 4) is 0 Å². The van der Waals surface area contributed by atoms with Gasteiger partial charge in [0.25, 0.3) is 0 Å². The van der Waals surface area contributed by atoms with Crippen LogP contribution in [0.15, 0.2) is 24.3 Å². The summed E-state index contributed by atoms with van der Waals surface area (Å²) in [5.41, 5.74) is 3.78. The number of nitrogens with one attached hydrogen (secondary N) is 1. The van der Waals surface area contributed by atoms with Crippen LogP contribution in [0.5, 0.6) is 0 Å². The van der Waals surface area contributed by atoms with Gasteiger partial charge in [-0.2, -0.15) is 0 Å². The molecule has 0 unspecified atom stereocenters. The van der Waals surface area contributed by atoms with Gasteiger partial charge in [0.05, 0.1) is 12.1 Å². The smallest absolute Gasteiger partial charge is 0.307 e. The molecule has 0 saturated heterocycles. The van der Waals surface area contributed by atoms with Gasteiger partial charge in [-0.05, 0) is 36.1 Å². The average Bonchev–Trinajstić information content (AvgIpc) is 2.78. The lowest BCUT2D eigenvalue weighted by molar-refractivity contribution is -0.135. The summed E-state index contributed by atoms with van der Waals surface area (Å²) in [6, 6.07) is 5.89. The normalized spacial score (nSPS) is 14.9. The van der Waals surface area contributed by atoms with Gasteiger partial charge in [-0.3, -0.25) is 9.59 Å². The summed E-state index contributed by atoms with van der Waals surface area (Å²) < 4.78 is 0. The molecule has 1 aliphatic rings. The van der Waals surface area contributed by atoms with Crippen molar-refractivity contribution in [2.24, 2.45) is 0 Å². The number of carbonyl (C=O) groups is 2. The first kappa shape index (κ1) is 12.7. The number of fused-ring (bicyclic) bond motifs is 3. The molecule has 0 spiro atoms. The van der Waals surface area contributed by atoms with Crippen LogP contribution < -0.4 is 0 Å². The maximum Gasteiger partial charge on any atom is 0.307 e. The first-order chi connectivity index (χ1) is 9.65. The quantitative estimate of drug-likeness (QED) is 0.899. The number of aromatic nitrogens is 1. The molecule has 1 heterocycles. The third kappa shape index (κ3) is 2.25. The lowest BCUT2D eigenvalue weighted by atomic mass is 9.94. The number of hydrogen-bond donors (Lipinski definition) is 2. The number of rotatable bonds is 3. The Bertz CT molecular complexity index is 725. The fourth-order valence-electron chi connectivity index (χ4n) is 2.71. The van der Waals surface area contributed by atoms with E-state index in [0.29, 0.717) is 6.42 Å². The highest BCUT2D eigenvalue weighted by atomic mass is 16.4. The van der Waals surface area contributed by atoms with E-state index < -0.39 is 5.97 Å². The fourth-order valence-corrected chi connectivity index (χ4v) is 2.71. The van der Waals surface area contributed by atoms with E-state index in [4.69, 9.17) is 5.11 Å². The minimum Gasteiger partial charge on any atom is -0.481 e. The van der Waals surface area contributed by atoms with E-state index in [0.717, 1.165) is 40.6 Å². The zero-order valence-electron chi connectivity index (χ0n) is 11.0. The second kappa shape index (κ2) is 4.96. The molecule has 0 atom stereocenters. The van der Waals surface area contributed by atoms with Gasteiger partial charge < -0.3 is 10.1 Å². The van der Waals surface area contributed by atoms with Crippen molar-refractivity contribution < 1.29 is 14.7 Å². The van der Waals surface area contributed by atoms with Crippen LogP contribution in [0.4, 0.5) is 0 Å². The maximum atomic E-state index is 11.9. The molecule has 1 aromatic heterocycles. The van der Waals surface area contributed by atoms with Crippen LogP contribution in [0.2, 0.25) is 0 Å². The first-order valence-corrected chi connectivity index (χ1v) is 6.71. The van der Waals surface area contributed by atoms with Crippen LogP contribution in [0, 0.1) is 0 Å². The zero-order valence-corrected chi connectivity index (χ0v) is 11.0. The number of Topliss-reactive ketones (excluding diaryl/α,β-unsaturated/α-hetero) is 1. The Labute approximate surface area is 116 Å². The van der Waals surface area contributed by atoms with Crippen LogP contribution in [-0.4, -0.2) is 21.8 Å². The number of hydrogen-bond acceptors (Lipinski definition) is 2. The van der Waals surface area contributed by atoms with Gasteiger partial charge in [0.1, 0.15) is 0 Å². The van der Waals surface area contributed by atoms with Crippen LogP contribution in [0.1, 0.15) is 40.9 Å². The Kier molecular flexibility index (Phi) is 3.14. The second-order valence-corrected chi connectivity index (χ2v) is 5.06. The van der Waals surface area contributed by atoms with Crippen LogP contribution in [0.3, 0.4) is 0 Å². The molecule has 4 heteroatoms. The lowest BCUT2D eigenvalue weighted by Gasteiger charge is -2.09. The molecule has 2 aromatic rings. The number of carboxylic acids is 1. The Hall–Kier alpha value is -2.36. The number of aliphatic carboxylic acids is 1. The molecule has 3 rings (SSSR count). The monoisotopic (exact) mass is 269 g/mol. The summed E-state index contributed by atoms with van der Waals surface area (Å²) >= 11 is 0. The van der Waals surface area contributed by atoms with E-state index in [1.54, 1.807) is 12.2 Å². The van der Waals surface area contributed by atoms with E-state index in [9.17, 15) is 9.59 Å². The summed E-state index contributed by atoms with van der Waals surface area (Å²) in [6.07, 6.45) is 5.89. The summed E-state index contributed by atoms with van der Waals surface area (Å²) in [5, 5.41) is 9.70. The summed E-state index contributed by atoms with van der Waals surface area (Å²) in [7, 11) is 0. The molecule has 0 radical (unpaired) electrons. The van der Waals surface area contributed by atoms with Crippen molar-refractivity contribution in [3.05, 3.63) is 41.1 Å². The van der Waals surface area contributed by atoms with Crippen molar-refractivity contribution in [2.75, 3.05) is 0 Å². The number of H-pyrrole nitrogens is 1. The zero-order chi connectivity index (χ0) is 14.1. The Morgan fingerprint density at radius 3 is 3.00 bits per heavy atom. The number of benzene rings is 1. The van der Waals surface area contributed by atoms with E-state index in [2.05, 4.69) is 4.98 Å². The standard InChI is InChI=1S/C16H15NO3/c18-14-5-2-4-11-12-9-10(3-1-6-15(19)20)7-8-13(12)17-16(11)14/h1,3,7-9,17H,2,4-6H2,(H,19,20). The molecule has 1 aromatic carbocycles. The van der Waals surface area contributed by atoms with Crippen molar-refractivity contribution in [3.63, 3.8) is 0 Å². The van der Waals surface area contributed by atoms with Crippen molar-refractivity contribution >= 4 is 28.7 Å². The third-order valence-corrected chi connectivity index (χ3v) is 3.64. The minimum atomic E-state index is -0.841. The number of ketones is 1. The molecular weight excluding hydrogens is 254 g/mol. The second-order valence-electron chi connectivity index (χ2n) is 5.06. The summed E-state index contributed by atoms with van der Waals surface area (Å²) in [6.45, 7) is 0. The van der Waals surface area contributed by atoms with Crippen LogP contribution in [0.25, 0.3) is 17.0 Å². The third-order valence-electron chi connectivity index (χ3n) is 3.64. The molecule has 20 heavy (non-hydrogen) atoms. The molecule has 102 valence electrons. The van der Waals surface area contributed by atoms with E-state index in [-0.39, 0.29) is 12.2 Å². The van der Waals surface area contributed by atoms with Crippen LogP contribution in [-0.2, 0) is 11.2 Å². The number of aromatic amines is 1. The molecule has 0 aliphatic heterocycles. The number of carbonyl (C=O) groups excluding carboxylic acids is 1. The largest absolute Gasteiger partial charge is 0.481 e. The molecule has 0 saturated carbocycles. The Morgan fingerprint density at radius 1 is 1.35 bits per heavy atom. The molecule has 0 amide bonds. The topological polar surface area (TPSA) is 70.2 Å². The van der Waals surface area contributed by atoms with E-state index in [1.807, 2.05) is 18.2 Å². The maximum absolute atomic E-state index is 11.9. The van der Waals surface area contributed by atoms with E-state index >= 15 is 0 Å².